The van der Waals surface area contributed by atoms with Gasteiger partial charge in [-0.2, -0.15) is 0 Å². The maximum Gasteiger partial charge on any atom is 0 e. The molecule has 0 unspecified atom stereocenters. The van der Waals surface area contributed by atoms with Gasteiger partial charge in [0.2, 0.25) is 0 Å². The maximum atomic E-state index is 2.62. The zero-order chi connectivity index (χ0) is 13.6. The number of rotatable bonds is 8. The van der Waals surface area contributed by atoms with Crippen LogP contribution in [0.2, 0.25) is 0 Å². The minimum atomic E-state index is -2.77. The van der Waals surface area contributed by atoms with Crippen molar-refractivity contribution in [3.05, 3.63) is 0 Å². The molecule has 18 heavy (non-hydrogen) atoms. The quantitative estimate of drug-likeness (QED) is 0.468. The van der Waals surface area contributed by atoms with Crippen molar-refractivity contribution in [2.75, 3.05) is 54.4 Å². The van der Waals surface area contributed by atoms with E-state index in [0.717, 1.165) is 26.2 Å². The van der Waals surface area contributed by atoms with Crippen LogP contribution in [-0.2, 0) is 47.3 Å². The van der Waals surface area contributed by atoms with Crippen LogP contribution in [0.3, 0.4) is 0 Å². The molecular formula is C12H32HfN4Zr. The molecule has 108 valence electrons. The minimum absolute atomic E-state index is 0. The predicted octanol–water partition coefficient (Wildman–Crippen LogP) is 1.60. The Kier molecular flexibility index (Phi) is 12.6. The molecule has 0 saturated heterocycles. The SMILES string of the molecule is CC[N](C)[Zr]([N](C)CC)([N](C)CC)[N](C)CC.[Hf]. The van der Waals surface area contributed by atoms with Crippen molar-refractivity contribution in [2.45, 2.75) is 27.7 Å². The van der Waals surface area contributed by atoms with Gasteiger partial charge in [0.25, 0.3) is 0 Å². The molecule has 0 bridgehead atoms. The fourth-order valence-corrected chi connectivity index (χ4v) is 15.4. The van der Waals surface area contributed by atoms with Gasteiger partial charge in [0.15, 0.2) is 0 Å². The monoisotopic (exact) mass is 502 g/mol. The number of nitrogens with zero attached hydrogens (tertiary/aromatic N) is 4. The molecular weight excluding hydrogens is 470 g/mol. The molecule has 6 heteroatoms. The van der Waals surface area contributed by atoms with Crippen LogP contribution >= 0.6 is 0 Å². The molecule has 0 atom stereocenters. The van der Waals surface area contributed by atoms with E-state index in [0.29, 0.717) is 0 Å². The van der Waals surface area contributed by atoms with E-state index in [9.17, 15) is 0 Å². The van der Waals surface area contributed by atoms with Crippen LogP contribution in [0.5, 0.6) is 0 Å². The molecule has 0 radical (unpaired) electrons. The summed E-state index contributed by atoms with van der Waals surface area (Å²) < 4.78 is 10.5. The van der Waals surface area contributed by atoms with Gasteiger partial charge in [-0.05, 0) is 0 Å². The average molecular weight is 502 g/mol. The zero-order valence-electron chi connectivity index (χ0n) is 13.6. The molecule has 0 saturated carbocycles. The molecule has 4 nitrogen and oxygen atoms in total. The molecule has 0 spiro atoms. The van der Waals surface area contributed by atoms with Crippen LogP contribution in [0.1, 0.15) is 27.7 Å². The Morgan fingerprint density at radius 3 is 0.833 bits per heavy atom. The first-order chi connectivity index (χ1) is 7.93. The summed E-state index contributed by atoms with van der Waals surface area (Å²) in [4.78, 5) is 0. The molecule has 0 amide bonds. The molecule has 0 aliphatic rings. The van der Waals surface area contributed by atoms with Gasteiger partial charge in [-0.15, -0.1) is 0 Å². The second kappa shape index (κ2) is 10.3. The van der Waals surface area contributed by atoms with E-state index in [1.165, 1.54) is 0 Å². The van der Waals surface area contributed by atoms with Crippen LogP contribution in [0.25, 0.3) is 0 Å². The van der Waals surface area contributed by atoms with Gasteiger partial charge in [0.05, 0.1) is 0 Å². The molecule has 0 aromatic carbocycles. The summed E-state index contributed by atoms with van der Waals surface area (Å²) in [5.74, 6) is 0. The van der Waals surface area contributed by atoms with E-state index in [2.05, 4.69) is 67.3 Å². The van der Waals surface area contributed by atoms with E-state index >= 15 is 0 Å². The maximum absolute atomic E-state index is 2.77. The Morgan fingerprint density at radius 1 is 0.556 bits per heavy atom. The van der Waals surface area contributed by atoms with Crippen LogP contribution in [0, 0.1) is 0 Å². The molecule has 0 aliphatic carbocycles. The zero-order valence-corrected chi connectivity index (χ0v) is 19.7. The first-order valence-electron chi connectivity index (χ1n) is 6.78. The third-order valence-electron chi connectivity index (χ3n) is 3.95. The summed E-state index contributed by atoms with van der Waals surface area (Å²) in [6.07, 6.45) is 0. The van der Waals surface area contributed by atoms with Crippen molar-refractivity contribution in [3.8, 4) is 0 Å². The van der Waals surface area contributed by atoms with Gasteiger partial charge < -0.3 is 0 Å². The van der Waals surface area contributed by atoms with Crippen LogP contribution in [0.4, 0.5) is 0 Å². The molecule has 0 aromatic rings. The topological polar surface area (TPSA) is 13.0 Å². The van der Waals surface area contributed by atoms with Gasteiger partial charge in [-0.3, -0.25) is 0 Å². The Morgan fingerprint density at radius 2 is 0.722 bits per heavy atom. The van der Waals surface area contributed by atoms with Gasteiger partial charge in [-0.25, -0.2) is 0 Å². The fourth-order valence-electron chi connectivity index (χ4n) is 2.60. The predicted molar refractivity (Wildman–Crippen MR) is 73.2 cm³/mol. The van der Waals surface area contributed by atoms with Gasteiger partial charge in [-0.1, -0.05) is 0 Å². The number of hydrogen-bond donors (Lipinski definition) is 0. The Balaban J connectivity index is 0. The van der Waals surface area contributed by atoms with Crippen LogP contribution < -0.4 is 0 Å². The number of hydrogen-bond acceptors (Lipinski definition) is 4. The average Bonchev–Trinajstić information content (AvgIpc) is 2.37. The summed E-state index contributed by atoms with van der Waals surface area (Å²) in [6, 6.07) is 0. The van der Waals surface area contributed by atoms with Crippen LogP contribution in [0.15, 0.2) is 0 Å². The fraction of sp³-hybridized carbons (Fsp3) is 1.00. The van der Waals surface area contributed by atoms with E-state index in [-0.39, 0.29) is 25.8 Å². The van der Waals surface area contributed by atoms with Gasteiger partial charge >= 0.3 is 115 Å². The van der Waals surface area contributed by atoms with Crippen LogP contribution in [-0.4, -0.2) is 65.7 Å². The molecule has 0 aromatic heterocycles. The minimum Gasteiger partial charge on any atom is 0 e. The molecule has 0 fully saturated rings. The molecule has 0 N–H and O–H groups in total. The first kappa shape index (κ1) is 21.9. The molecule has 0 heterocycles. The smallest absolute Gasteiger partial charge is 0 e. The third kappa shape index (κ3) is 4.29. The Bertz CT molecular complexity index is 173. The van der Waals surface area contributed by atoms with Gasteiger partial charge in [0.1, 0.15) is 0 Å². The van der Waals surface area contributed by atoms with E-state index in [1.54, 1.807) is 0 Å². The van der Waals surface area contributed by atoms with E-state index in [4.69, 9.17) is 0 Å². The van der Waals surface area contributed by atoms with E-state index < -0.39 is 21.4 Å². The summed E-state index contributed by atoms with van der Waals surface area (Å²) >= 11 is -2.77. The van der Waals surface area contributed by atoms with Crippen molar-refractivity contribution in [2.24, 2.45) is 0 Å². The summed E-state index contributed by atoms with van der Waals surface area (Å²) in [5, 5.41) is 0. The second-order valence-corrected chi connectivity index (χ2v) is 15.1. The van der Waals surface area contributed by atoms with Crippen molar-refractivity contribution in [1.29, 1.82) is 0 Å². The second-order valence-electron chi connectivity index (χ2n) is 4.66. The van der Waals surface area contributed by atoms with E-state index in [1.807, 2.05) is 0 Å². The van der Waals surface area contributed by atoms with Gasteiger partial charge in [0, 0.05) is 25.8 Å². The van der Waals surface area contributed by atoms with Crippen molar-refractivity contribution >= 4 is 0 Å². The largest absolute Gasteiger partial charge is 0 e. The summed E-state index contributed by atoms with van der Waals surface area (Å²) in [7, 11) is 9.17. The van der Waals surface area contributed by atoms with Crippen molar-refractivity contribution in [3.63, 3.8) is 0 Å². The Hall–Kier alpha value is 1.59. The van der Waals surface area contributed by atoms with Crippen molar-refractivity contribution < 1.29 is 47.3 Å². The third-order valence-corrected chi connectivity index (χ3v) is 17.1. The normalized spacial score (nSPS) is 12.7. The molecule has 0 aliphatic heterocycles. The standard InChI is InChI=1S/4C3H8N.Hf.Zr/c4*1-3-4-2;;/h4*3H2,1-2H3;;/q4*-1;;+4. The summed E-state index contributed by atoms with van der Waals surface area (Å²) in [5.41, 5.74) is 0. The molecule has 0 rings (SSSR count). The summed E-state index contributed by atoms with van der Waals surface area (Å²) in [6.45, 7) is 13.5. The first-order valence-corrected chi connectivity index (χ1v) is 11.2. The Labute approximate surface area is 139 Å². The van der Waals surface area contributed by atoms with Crippen molar-refractivity contribution in [1.82, 2.24) is 11.4 Å².